The number of nitrogens with zero attached hydrogens (tertiary/aromatic N) is 1. The van der Waals surface area contributed by atoms with Crippen LogP contribution in [0.3, 0.4) is 0 Å². The Bertz CT molecular complexity index is 191. The molecule has 0 unspecified atom stereocenters. The highest BCUT2D eigenvalue weighted by atomic mass is 16.7. The molecular formula is C6H7NO3. The Kier molecular flexibility index (Phi) is 1.41. The minimum absolute atomic E-state index is 0.380. The summed E-state index contributed by atoms with van der Waals surface area (Å²) in [7, 11) is 0. The fraction of sp³-hybridized carbons (Fsp3) is 0.500. The van der Waals surface area contributed by atoms with Crippen LogP contribution in [0.25, 0.3) is 0 Å². The van der Waals surface area contributed by atoms with Gasteiger partial charge in [-0.05, 0) is 0 Å². The molecule has 0 spiro atoms. The first-order valence-corrected chi connectivity index (χ1v) is 3.09. The predicted octanol–water partition coefficient (Wildman–Crippen LogP) is 0.720. The van der Waals surface area contributed by atoms with Crippen LogP contribution in [0.15, 0.2) is 16.9 Å². The molecule has 2 rings (SSSR count). The molecule has 1 fully saturated rings. The van der Waals surface area contributed by atoms with Gasteiger partial charge >= 0.3 is 0 Å². The molecule has 1 aromatic heterocycles. The summed E-state index contributed by atoms with van der Waals surface area (Å²) in [6.45, 7) is 1.24. The summed E-state index contributed by atoms with van der Waals surface area (Å²) in [6.07, 6.45) is 2.69. The number of aromatic nitrogens is 1. The topological polar surface area (TPSA) is 44.5 Å². The predicted molar refractivity (Wildman–Crippen MR) is 31.1 cm³/mol. The first-order chi connectivity index (χ1) is 4.97. The molecule has 0 aliphatic carbocycles. The molecule has 1 saturated heterocycles. The van der Waals surface area contributed by atoms with E-state index in [-0.39, 0.29) is 6.29 Å². The molecule has 0 aromatic carbocycles. The number of hydrogen-bond acceptors (Lipinski definition) is 4. The lowest BCUT2D eigenvalue weighted by molar-refractivity contribution is -0.0626. The molecule has 4 nitrogen and oxygen atoms in total. The van der Waals surface area contributed by atoms with Crippen molar-refractivity contribution in [3.63, 3.8) is 0 Å². The van der Waals surface area contributed by atoms with E-state index in [9.17, 15) is 0 Å². The lowest BCUT2D eigenvalue weighted by atomic mass is 10.6. The zero-order valence-corrected chi connectivity index (χ0v) is 5.32. The highest BCUT2D eigenvalue weighted by Crippen LogP contribution is 2.20. The maximum absolute atomic E-state index is 5.12. The van der Waals surface area contributed by atoms with Crippen molar-refractivity contribution in [3.8, 4) is 0 Å². The zero-order chi connectivity index (χ0) is 6.81. The highest BCUT2D eigenvalue weighted by Gasteiger charge is 2.21. The quantitative estimate of drug-likeness (QED) is 0.578. The zero-order valence-electron chi connectivity index (χ0n) is 5.32. The van der Waals surface area contributed by atoms with Crippen LogP contribution in [-0.2, 0) is 9.47 Å². The third kappa shape index (κ3) is 0.913. The average molecular weight is 141 g/mol. The van der Waals surface area contributed by atoms with E-state index in [1.165, 1.54) is 6.26 Å². The van der Waals surface area contributed by atoms with E-state index in [1.54, 1.807) is 6.20 Å². The summed E-state index contributed by atoms with van der Waals surface area (Å²) < 4.78 is 15.2. The van der Waals surface area contributed by atoms with Crippen LogP contribution >= 0.6 is 0 Å². The van der Waals surface area contributed by atoms with Gasteiger partial charge in [-0.2, -0.15) is 0 Å². The number of oxazole rings is 1. The summed E-state index contributed by atoms with van der Waals surface area (Å²) in [6, 6.07) is 0. The van der Waals surface area contributed by atoms with Crippen molar-refractivity contribution in [2.75, 3.05) is 13.2 Å². The summed E-state index contributed by atoms with van der Waals surface area (Å²) in [5, 5.41) is 0. The van der Waals surface area contributed by atoms with Crippen molar-refractivity contribution >= 4 is 0 Å². The van der Waals surface area contributed by atoms with E-state index in [0.717, 1.165) is 0 Å². The fourth-order valence-electron chi connectivity index (χ4n) is 0.852. The summed E-state index contributed by atoms with van der Waals surface area (Å²) >= 11 is 0. The maximum atomic E-state index is 5.12. The Morgan fingerprint density at radius 1 is 1.40 bits per heavy atom. The molecule has 0 radical (unpaired) electrons. The van der Waals surface area contributed by atoms with E-state index in [1.807, 2.05) is 0 Å². The molecule has 1 aromatic rings. The van der Waals surface area contributed by atoms with Gasteiger partial charge in [0.1, 0.15) is 6.26 Å². The monoisotopic (exact) mass is 141 g/mol. The standard InChI is InChI=1S/C6H7NO3/c1-2-8-5(7-1)6-9-3-4-10-6/h1-2,6H,3-4H2. The highest BCUT2D eigenvalue weighted by molar-refractivity contribution is 4.82. The molecule has 1 aliphatic rings. The van der Waals surface area contributed by atoms with Gasteiger partial charge in [-0.15, -0.1) is 0 Å². The van der Waals surface area contributed by atoms with Gasteiger partial charge < -0.3 is 13.9 Å². The summed E-state index contributed by atoms with van der Waals surface area (Å²) in [4.78, 5) is 3.88. The molecule has 4 heteroatoms. The van der Waals surface area contributed by atoms with Crippen LogP contribution in [0.5, 0.6) is 0 Å². The van der Waals surface area contributed by atoms with Crippen molar-refractivity contribution in [1.82, 2.24) is 4.98 Å². The molecule has 0 saturated carbocycles. The average Bonchev–Trinajstić information content (AvgIpc) is 2.59. The first-order valence-electron chi connectivity index (χ1n) is 3.09. The van der Waals surface area contributed by atoms with Gasteiger partial charge in [-0.25, -0.2) is 4.98 Å². The Morgan fingerprint density at radius 3 is 2.80 bits per heavy atom. The molecule has 0 atom stereocenters. The number of ether oxygens (including phenoxy) is 2. The van der Waals surface area contributed by atoms with Crippen molar-refractivity contribution in [2.45, 2.75) is 6.29 Å². The van der Waals surface area contributed by atoms with Crippen LogP contribution in [-0.4, -0.2) is 18.2 Å². The van der Waals surface area contributed by atoms with E-state index in [4.69, 9.17) is 13.9 Å². The second kappa shape index (κ2) is 2.40. The van der Waals surface area contributed by atoms with Gasteiger partial charge in [0.25, 0.3) is 5.89 Å². The minimum atomic E-state index is -0.380. The molecule has 1 aliphatic heterocycles. The maximum Gasteiger partial charge on any atom is 0.251 e. The van der Waals surface area contributed by atoms with E-state index in [2.05, 4.69) is 4.98 Å². The molecule has 2 heterocycles. The molecular weight excluding hydrogens is 134 g/mol. The van der Waals surface area contributed by atoms with E-state index in [0.29, 0.717) is 19.1 Å². The van der Waals surface area contributed by atoms with Gasteiger partial charge in [0.15, 0.2) is 0 Å². The van der Waals surface area contributed by atoms with Crippen molar-refractivity contribution in [2.24, 2.45) is 0 Å². The van der Waals surface area contributed by atoms with Crippen molar-refractivity contribution < 1.29 is 13.9 Å². The van der Waals surface area contributed by atoms with Gasteiger partial charge in [-0.1, -0.05) is 0 Å². The van der Waals surface area contributed by atoms with Crippen LogP contribution < -0.4 is 0 Å². The third-order valence-electron chi connectivity index (χ3n) is 1.27. The second-order valence-electron chi connectivity index (χ2n) is 1.94. The molecule has 0 N–H and O–H groups in total. The van der Waals surface area contributed by atoms with Crippen LogP contribution in [0, 0.1) is 0 Å². The molecule has 10 heavy (non-hydrogen) atoms. The Morgan fingerprint density at radius 2 is 2.20 bits per heavy atom. The number of rotatable bonds is 1. The molecule has 0 bridgehead atoms. The summed E-state index contributed by atoms with van der Waals surface area (Å²) in [5.74, 6) is 0.498. The number of hydrogen-bond donors (Lipinski definition) is 0. The smallest absolute Gasteiger partial charge is 0.251 e. The van der Waals surface area contributed by atoms with Gasteiger partial charge in [0, 0.05) is 0 Å². The van der Waals surface area contributed by atoms with Gasteiger partial charge in [0.05, 0.1) is 19.4 Å². The van der Waals surface area contributed by atoms with Crippen LogP contribution in [0.1, 0.15) is 12.2 Å². The minimum Gasteiger partial charge on any atom is -0.444 e. The fourth-order valence-corrected chi connectivity index (χ4v) is 0.852. The first kappa shape index (κ1) is 5.88. The third-order valence-corrected chi connectivity index (χ3v) is 1.27. The SMILES string of the molecule is c1coc(C2OCCO2)n1. The second-order valence-corrected chi connectivity index (χ2v) is 1.94. The normalized spacial score (nSPS) is 20.0. The Balaban J connectivity index is 2.12. The van der Waals surface area contributed by atoms with Crippen molar-refractivity contribution in [1.29, 1.82) is 0 Å². The Labute approximate surface area is 57.8 Å². The van der Waals surface area contributed by atoms with Crippen LogP contribution in [0.2, 0.25) is 0 Å². The molecule has 0 amide bonds. The summed E-state index contributed by atoms with van der Waals surface area (Å²) in [5.41, 5.74) is 0. The largest absolute Gasteiger partial charge is 0.444 e. The molecule has 54 valence electrons. The van der Waals surface area contributed by atoms with E-state index < -0.39 is 0 Å². The van der Waals surface area contributed by atoms with Gasteiger partial charge in [0.2, 0.25) is 6.29 Å². The lowest BCUT2D eigenvalue weighted by Gasteiger charge is -2.01. The van der Waals surface area contributed by atoms with E-state index >= 15 is 0 Å². The Hall–Kier alpha value is -0.870. The van der Waals surface area contributed by atoms with Gasteiger partial charge in [-0.3, -0.25) is 0 Å². The van der Waals surface area contributed by atoms with Crippen LogP contribution in [0.4, 0.5) is 0 Å². The lowest BCUT2D eigenvalue weighted by Crippen LogP contribution is -1.97. The van der Waals surface area contributed by atoms with Crippen molar-refractivity contribution in [3.05, 3.63) is 18.4 Å².